The molecule has 0 aliphatic carbocycles. The molecule has 0 amide bonds. The number of aliphatic hydroxyl groups excluding tert-OH is 3. The number of rotatable bonds is 7. The molecule has 8 N–H and O–H groups in total. The van der Waals surface area contributed by atoms with Crippen LogP contribution in [0.1, 0.15) is 11.1 Å². The van der Waals surface area contributed by atoms with Gasteiger partial charge in [0.25, 0.3) is 0 Å². The summed E-state index contributed by atoms with van der Waals surface area (Å²) in [5, 5.41) is 39.4. The van der Waals surface area contributed by atoms with Crippen LogP contribution < -0.4 is 25.7 Å². The molecule has 0 saturated carbocycles. The number of nitrogens with two attached hydrogens (primary N) is 2. The lowest BCUT2D eigenvalue weighted by molar-refractivity contribution is -0.271. The van der Waals surface area contributed by atoms with Crippen molar-refractivity contribution in [2.75, 3.05) is 25.7 Å². The van der Waals surface area contributed by atoms with E-state index in [1.165, 1.54) is 26.5 Å². The molecule has 1 aromatic carbocycles. The van der Waals surface area contributed by atoms with Gasteiger partial charge in [0.15, 0.2) is 17.6 Å². The van der Waals surface area contributed by atoms with E-state index in [1.54, 1.807) is 6.07 Å². The quantitative estimate of drug-likeness (QED) is 0.283. The zero-order chi connectivity index (χ0) is 23.6. The average molecular weight is 452 g/mol. The molecule has 13 heteroatoms. The van der Waals surface area contributed by atoms with Gasteiger partial charge in [-0.15, -0.1) is 0 Å². The van der Waals surface area contributed by atoms with Crippen LogP contribution in [0.4, 0.5) is 11.8 Å². The molecule has 1 aliphatic rings. The molecule has 1 aliphatic heterocycles. The van der Waals surface area contributed by atoms with E-state index in [1.807, 2.05) is 0 Å². The summed E-state index contributed by atoms with van der Waals surface area (Å²) >= 11 is 0. The number of aromatic nitrogens is 2. The Morgan fingerprint density at radius 1 is 1.09 bits per heavy atom. The monoisotopic (exact) mass is 452 g/mol. The van der Waals surface area contributed by atoms with E-state index in [2.05, 4.69) is 9.97 Å². The van der Waals surface area contributed by atoms with Crippen molar-refractivity contribution in [3.05, 3.63) is 29.5 Å². The highest BCUT2D eigenvalue weighted by Gasteiger charge is 2.48. The van der Waals surface area contributed by atoms with Crippen LogP contribution in [0.3, 0.4) is 0 Å². The predicted molar refractivity (Wildman–Crippen MR) is 108 cm³/mol. The van der Waals surface area contributed by atoms with Crippen LogP contribution in [0, 0.1) is 0 Å². The molecule has 0 unspecified atom stereocenters. The van der Waals surface area contributed by atoms with E-state index in [0.717, 1.165) is 0 Å². The number of carboxylic acid groups (broad SMARTS) is 1. The molecule has 0 radical (unpaired) electrons. The molecule has 2 heterocycles. The molecule has 3 rings (SSSR count). The van der Waals surface area contributed by atoms with Gasteiger partial charge < -0.3 is 50.8 Å². The lowest BCUT2D eigenvalue weighted by Gasteiger charge is -2.38. The summed E-state index contributed by atoms with van der Waals surface area (Å²) < 4.78 is 21.5. The van der Waals surface area contributed by atoms with Gasteiger partial charge in [-0.25, -0.2) is 9.78 Å². The number of aliphatic carboxylic acids is 1. The maximum absolute atomic E-state index is 11.3. The number of benzene rings is 1. The summed E-state index contributed by atoms with van der Waals surface area (Å²) in [6, 6.07) is 3.18. The number of methoxy groups -OCH3 is 2. The van der Waals surface area contributed by atoms with Gasteiger partial charge >= 0.3 is 5.97 Å². The number of carboxylic acids is 1. The number of nitrogen functional groups attached to an aromatic ring is 2. The number of carbonyl (C=O) groups is 1. The largest absolute Gasteiger partial charge is 0.493 e. The molecule has 13 nitrogen and oxygen atoms in total. The molecule has 1 aromatic heterocycles. The number of hydrogen-bond donors (Lipinski definition) is 6. The maximum Gasteiger partial charge on any atom is 0.335 e. The van der Waals surface area contributed by atoms with Crippen LogP contribution in [0.15, 0.2) is 18.3 Å². The first kappa shape index (κ1) is 23.3. The average Bonchev–Trinajstić information content (AvgIpc) is 2.75. The third-order valence-electron chi connectivity index (χ3n) is 4.87. The van der Waals surface area contributed by atoms with Crippen molar-refractivity contribution >= 4 is 17.7 Å². The van der Waals surface area contributed by atoms with Crippen LogP contribution in [0.5, 0.6) is 17.2 Å². The number of hydrogen-bond acceptors (Lipinski definition) is 12. The Balaban J connectivity index is 1.95. The first-order valence-electron chi connectivity index (χ1n) is 9.37. The van der Waals surface area contributed by atoms with Gasteiger partial charge in [-0.1, -0.05) is 0 Å². The molecule has 5 atom stereocenters. The summed E-state index contributed by atoms with van der Waals surface area (Å²) in [4.78, 5) is 19.2. The first-order chi connectivity index (χ1) is 15.2. The summed E-state index contributed by atoms with van der Waals surface area (Å²) in [5.41, 5.74) is 12.6. The van der Waals surface area contributed by atoms with Gasteiger partial charge in [0.2, 0.25) is 18.0 Å². The fourth-order valence-electron chi connectivity index (χ4n) is 3.24. The van der Waals surface area contributed by atoms with E-state index in [9.17, 15) is 25.2 Å². The Kier molecular flexibility index (Phi) is 6.84. The van der Waals surface area contributed by atoms with Crippen molar-refractivity contribution < 1.29 is 44.2 Å². The molecule has 1 fully saturated rings. The molecule has 2 aromatic rings. The van der Waals surface area contributed by atoms with E-state index in [4.69, 9.17) is 30.4 Å². The molecular weight excluding hydrogens is 428 g/mol. The molecule has 32 heavy (non-hydrogen) atoms. The summed E-state index contributed by atoms with van der Waals surface area (Å²) in [6.45, 7) is 0. The van der Waals surface area contributed by atoms with Gasteiger partial charge in [0.05, 0.1) is 14.2 Å². The van der Waals surface area contributed by atoms with Gasteiger partial charge in [0, 0.05) is 18.2 Å². The number of nitrogens with zero attached hydrogens (tertiary/aromatic N) is 2. The number of ether oxygens (including phenoxy) is 4. The van der Waals surface area contributed by atoms with Gasteiger partial charge in [-0.3, -0.25) is 0 Å². The lowest BCUT2D eigenvalue weighted by Crippen LogP contribution is -2.61. The van der Waals surface area contributed by atoms with Crippen molar-refractivity contribution in [3.63, 3.8) is 0 Å². The Labute approximate surface area is 182 Å². The van der Waals surface area contributed by atoms with Crippen LogP contribution in [-0.2, 0) is 16.0 Å². The molecule has 0 bridgehead atoms. The molecular formula is C19H24N4O9. The second-order valence-electron chi connectivity index (χ2n) is 7.00. The van der Waals surface area contributed by atoms with E-state index in [-0.39, 0.29) is 35.4 Å². The highest BCUT2D eigenvalue weighted by atomic mass is 16.7. The van der Waals surface area contributed by atoms with Gasteiger partial charge in [-0.05, 0) is 17.7 Å². The first-order valence-corrected chi connectivity index (χ1v) is 9.37. The van der Waals surface area contributed by atoms with Crippen LogP contribution in [0.2, 0.25) is 0 Å². The summed E-state index contributed by atoms with van der Waals surface area (Å²) in [5.74, 6) is -0.915. The maximum atomic E-state index is 11.3. The van der Waals surface area contributed by atoms with E-state index >= 15 is 0 Å². The zero-order valence-electron chi connectivity index (χ0n) is 17.2. The Bertz CT molecular complexity index is 990. The zero-order valence-corrected chi connectivity index (χ0v) is 17.2. The normalized spacial score (nSPS) is 25.2. The fourth-order valence-corrected chi connectivity index (χ4v) is 3.24. The van der Waals surface area contributed by atoms with Gasteiger partial charge in [0.1, 0.15) is 24.1 Å². The number of aliphatic hydroxyl groups is 3. The standard InChI is InChI=1S/C19H24N4O9/c1-29-9-4-7(3-8-6-22-19(21)23-16(8)20)5-10(14(9)30-2)31-18-13(26)11(24)12(25)15(32-18)17(27)28/h4-6,11-13,15,18,24-26H,3H2,1-2H3,(H,27,28)(H4,20,21,22,23)/t11-,12-,13+,15-,18+/m0/s1. The van der Waals surface area contributed by atoms with Crippen molar-refractivity contribution in [1.29, 1.82) is 0 Å². The minimum atomic E-state index is -1.85. The molecule has 174 valence electrons. The van der Waals surface area contributed by atoms with Crippen molar-refractivity contribution in [2.24, 2.45) is 0 Å². The second kappa shape index (κ2) is 9.40. The minimum Gasteiger partial charge on any atom is -0.493 e. The SMILES string of the molecule is COc1cc(Cc2cnc(N)nc2N)cc(O[C@@H]2O[C@H](C(=O)O)[C@@H](O)[C@H](O)[C@H]2O)c1OC. The van der Waals surface area contributed by atoms with Crippen LogP contribution in [-0.4, -0.2) is 81.3 Å². The smallest absolute Gasteiger partial charge is 0.335 e. The van der Waals surface area contributed by atoms with Gasteiger partial charge in [-0.2, -0.15) is 4.98 Å². The van der Waals surface area contributed by atoms with E-state index < -0.39 is 36.7 Å². The Morgan fingerprint density at radius 2 is 1.78 bits per heavy atom. The van der Waals surface area contributed by atoms with Crippen LogP contribution in [0.25, 0.3) is 0 Å². The Morgan fingerprint density at radius 3 is 2.38 bits per heavy atom. The topological polar surface area (TPSA) is 213 Å². The summed E-state index contributed by atoms with van der Waals surface area (Å²) in [6.07, 6.45) is -7.15. The third-order valence-corrected chi connectivity index (χ3v) is 4.87. The lowest BCUT2D eigenvalue weighted by atomic mass is 9.99. The third kappa shape index (κ3) is 4.60. The van der Waals surface area contributed by atoms with Crippen molar-refractivity contribution in [3.8, 4) is 17.2 Å². The Hall–Kier alpha value is -3.39. The minimum absolute atomic E-state index is 0.0218. The highest BCUT2D eigenvalue weighted by molar-refractivity contribution is 5.73. The predicted octanol–water partition coefficient (Wildman–Crippen LogP) is -1.48. The van der Waals surface area contributed by atoms with Crippen molar-refractivity contribution in [1.82, 2.24) is 9.97 Å². The second-order valence-corrected chi connectivity index (χ2v) is 7.00. The fraction of sp³-hybridized carbons (Fsp3) is 0.421. The van der Waals surface area contributed by atoms with Crippen LogP contribution >= 0.6 is 0 Å². The summed E-state index contributed by atoms with van der Waals surface area (Å²) in [7, 11) is 2.76. The number of anilines is 2. The van der Waals surface area contributed by atoms with Crippen molar-refractivity contribution in [2.45, 2.75) is 37.1 Å². The highest BCUT2D eigenvalue weighted by Crippen LogP contribution is 2.40. The molecule has 1 saturated heterocycles. The molecule has 0 spiro atoms. The van der Waals surface area contributed by atoms with E-state index in [0.29, 0.717) is 11.1 Å².